The van der Waals surface area contributed by atoms with Gasteiger partial charge in [-0.1, -0.05) is 11.8 Å². The van der Waals surface area contributed by atoms with Crippen LogP contribution in [0.2, 0.25) is 0 Å². The maximum absolute atomic E-state index is 11.3. The van der Waals surface area contributed by atoms with Crippen LogP contribution in [0.15, 0.2) is 0 Å². The van der Waals surface area contributed by atoms with Gasteiger partial charge in [0.15, 0.2) is 0 Å². The van der Waals surface area contributed by atoms with E-state index >= 15 is 0 Å². The molecule has 7 nitrogen and oxygen atoms in total. The molecule has 100 valence electrons. The van der Waals surface area contributed by atoms with Crippen molar-refractivity contribution in [2.24, 2.45) is 0 Å². The first-order valence-electron chi connectivity index (χ1n) is 5.47. The maximum atomic E-state index is 11.3. The second kappa shape index (κ2) is 6.39. The van der Waals surface area contributed by atoms with Crippen LogP contribution in [0.3, 0.4) is 0 Å². The average Bonchev–Trinajstić information content (AvgIpc) is 2.59. The van der Waals surface area contributed by atoms with Crippen LogP contribution in [0.1, 0.15) is 13.8 Å². The summed E-state index contributed by atoms with van der Waals surface area (Å²) in [6.07, 6.45) is 0. The summed E-state index contributed by atoms with van der Waals surface area (Å²) in [5.74, 6) is -1.62. The monoisotopic (exact) mass is 273 g/mol. The Morgan fingerprint density at radius 3 is 2.50 bits per heavy atom. The summed E-state index contributed by atoms with van der Waals surface area (Å²) in [7, 11) is 0. The molecule has 0 aromatic carbocycles. The van der Waals surface area contributed by atoms with Gasteiger partial charge in [-0.15, -0.1) is 0 Å². The Morgan fingerprint density at radius 2 is 2.00 bits per heavy atom. The van der Waals surface area contributed by atoms with E-state index in [-0.39, 0.29) is 36.0 Å². The Hall–Kier alpha value is -1.57. The first-order valence-corrected chi connectivity index (χ1v) is 6.46. The third-order valence-corrected chi connectivity index (χ3v) is 2.95. The Balaban J connectivity index is 2.29. The summed E-state index contributed by atoms with van der Waals surface area (Å²) in [6.45, 7) is 3.64. The largest absolute Gasteiger partial charge is 0.346 e. The molecule has 0 aromatic heterocycles. The second-order valence-electron chi connectivity index (χ2n) is 3.98. The number of imide groups is 1. The van der Waals surface area contributed by atoms with E-state index in [4.69, 9.17) is 0 Å². The number of carbonyl (C=O) groups is 4. The molecule has 0 bridgehead atoms. The van der Waals surface area contributed by atoms with Gasteiger partial charge < -0.3 is 10.6 Å². The smallest absolute Gasteiger partial charge is 0.309 e. The van der Waals surface area contributed by atoms with Crippen LogP contribution >= 0.6 is 11.8 Å². The number of thioether (sulfide) groups is 1. The third-order valence-electron chi connectivity index (χ3n) is 2.09. The van der Waals surface area contributed by atoms with E-state index in [9.17, 15) is 19.2 Å². The minimum atomic E-state index is -0.768. The van der Waals surface area contributed by atoms with Crippen molar-refractivity contribution in [2.45, 2.75) is 19.9 Å². The quantitative estimate of drug-likeness (QED) is 0.662. The number of hydrogen-bond donors (Lipinski definition) is 2. The van der Waals surface area contributed by atoms with Gasteiger partial charge in [0.25, 0.3) is 5.24 Å². The van der Waals surface area contributed by atoms with Crippen LogP contribution in [0, 0.1) is 0 Å². The minimum absolute atomic E-state index is 0.0718. The third kappa shape index (κ3) is 4.02. The van der Waals surface area contributed by atoms with Gasteiger partial charge in [-0.3, -0.25) is 24.1 Å². The molecule has 2 N–H and O–H groups in total. The molecule has 1 saturated heterocycles. The molecule has 1 rings (SSSR count). The van der Waals surface area contributed by atoms with Crippen molar-refractivity contribution in [3.8, 4) is 0 Å². The summed E-state index contributed by atoms with van der Waals surface area (Å²) in [5.41, 5.74) is 0. The van der Waals surface area contributed by atoms with Crippen molar-refractivity contribution < 1.29 is 19.2 Å². The van der Waals surface area contributed by atoms with Crippen LogP contribution in [0.25, 0.3) is 0 Å². The molecule has 0 unspecified atom stereocenters. The number of hydrogen-bond acceptors (Lipinski definition) is 5. The molecule has 0 saturated carbocycles. The molecule has 1 aliphatic heterocycles. The zero-order valence-electron chi connectivity index (χ0n) is 10.2. The van der Waals surface area contributed by atoms with Crippen molar-refractivity contribution in [1.29, 1.82) is 0 Å². The number of nitrogens with zero attached hydrogens (tertiary/aromatic N) is 1. The lowest BCUT2D eigenvalue weighted by Crippen LogP contribution is -2.45. The van der Waals surface area contributed by atoms with E-state index in [1.165, 1.54) is 0 Å². The number of amides is 4. The van der Waals surface area contributed by atoms with Gasteiger partial charge >= 0.3 is 11.8 Å². The summed E-state index contributed by atoms with van der Waals surface area (Å²) in [6, 6.07) is -0.124. The standard InChI is InChI=1S/C10H15N3O4S/c1-6(2)12-9(16)8(15)11-3-4-13-7(14)5-18-10(13)17/h6H,3-5H2,1-2H3,(H,11,15)(H,12,16). The van der Waals surface area contributed by atoms with Crippen molar-refractivity contribution in [3.63, 3.8) is 0 Å². The molecule has 4 amide bonds. The molecule has 18 heavy (non-hydrogen) atoms. The van der Waals surface area contributed by atoms with E-state index in [2.05, 4.69) is 10.6 Å². The molecule has 0 atom stereocenters. The molecular formula is C10H15N3O4S. The van der Waals surface area contributed by atoms with Crippen LogP contribution < -0.4 is 10.6 Å². The van der Waals surface area contributed by atoms with Crippen LogP contribution in [-0.4, -0.2) is 52.7 Å². The first kappa shape index (κ1) is 14.5. The summed E-state index contributed by atoms with van der Waals surface area (Å²) in [4.78, 5) is 46.0. The lowest BCUT2D eigenvalue weighted by Gasteiger charge is -2.13. The molecule has 0 radical (unpaired) electrons. The topological polar surface area (TPSA) is 95.6 Å². The summed E-state index contributed by atoms with van der Waals surface area (Å²) < 4.78 is 0. The Bertz CT molecular complexity index is 367. The Kier molecular flexibility index (Phi) is 5.14. The maximum Gasteiger partial charge on any atom is 0.309 e. The van der Waals surface area contributed by atoms with Gasteiger partial charge in [0.2, 0.25) is 5.91 Å². The van der Waals surface area contributed by atoms with E-state index < -0.39 is 11.8 Å². The van der Waals surface area contributed by atoms with Crippen LogP contribution in [-0.2, 0) is 14.4 Å². The predicted octanol–water partition coefficient (Wildman–Crippen LogP) is -0.677. The Labute approximate surface area is 109 Å². The van der Waals surface area contributed by atoms with Crippen molar-refractivity contribution in [3.05, 3.63) is 0 Å². The highest BCUT2D eigenvalue weighted by atomic mass is 32.2. The van der Waals surface area contributed by atoms with Gasteiger partial charge in [-0.25, -0.2) is 0 Å². The second-order valence-corrected chi connectivity index (χ2v) is 4.91. The highest BCUT2D eigenvalue weighted by molar-refractivity contribution is 8.14. The fraction of sp³-hybridized carbons (Fsp3) is 0.600. The van der Waals surface area contributed by atoms with Crippen molar-refractivity contribution >= 4 is 34.7 Å². The summed E-state index contributed by atoms with van der Waals surface area (Å²) >= 11 is 0.932. The minimum Gasteiger partial charge on any atom is -0.346 e. The fourth-order valence-electron chi connectivity index (χ4n) is 1.29. The van der Waals surface area contributed by atoms with E-state index in [1.807, 2.05) is 0 Å². The first-order chi connectivity index (χ1) is 8.41. The van der Waals surface area contributed by atoms with Gasteiger partial charge in [0.05, 0.1) is 5.75 Å². The van der Waals surface area contributed by atoms with E-state index in [1.54, 1.807) is 13.8 Å². The van der Waals surface area contributed by atoms with Crippen molar-refractivity contribution in [1.82, 2.24) is 15.5 Å². The zero-order valence-corrected chi connectivity index (χ0v) is 11.0. The van der Waals surface area contributed by atoms with Gasteiger partial charge in [-0.05, 0) is 13.8 Å². The van der Waals surface area contributed by atoms with Gasteiger partial charge in [-0.2, -0.15) is 0 Å². The van der Waals surface area contributed by atoms with Crippen molar-refractivity contribution in [2.75, 3.05) is 18.8 Å². The molecule has 0 aromatic rings. The lowest BCUT2D eigenvalue weighted by atomic mass is 10.4. The predicted molar refractivity (Wildman–Crippen MR) is 65.9 cm³/mol. The molecule has 1 aliphatic rings. The number of rotatable bonds is 4. The van der Waals surface area contributed by atoms with E-state index in [0.29, 0.717) is 0 Å². The SMILES string of the molecule is CC(C)NC(=O)C(=O)NCCN1C(=O)CSC1=O. The van der Waals surface area contributed by atoms with E-state index in [0.717, 1.165) is 16.7 Å². The lowest BCUT2D eigenvalue weighted by molar-refractivity contribution is -0.139. The highest BCUT2D eigenvalue weighted by Gasteiger charge is 2.29. The molecule has 0 aliphatic carbocycles. The van der Waals surface area contributed by atoms with Gasteiger partial charge in [0, 0.05) is 19.1 Å². The van der Waals surface area contributed by atoms with Crippen LogP contribution in [0.4, 0.5) is 4.79 Å². The average molecular weight is 273 g/mol. The molecular weight excluding hydrogens is 258 g/mol. The highest BCUT2D eigenvalue weighted by Crippen LogP contribution is 2.17. The molecule has 0 spiro atoms. The number of carbonyl (C=O) groups excluding carboxylic acids is 4. The zero-order chi connectivity index (χ0) is 13.7. The van der Waals surface area contributed by atoms with Crippen LogP contribution in [0.5, 0.6) is 0 Å². The summed E-state index contributed by atoms with van der Waals surface area (Å²) in [5, 5.41) is 4.47. The molecule has 1 heterocycles. The molecule has 8 heteroatoms. The molecule has 1 fully saturated rings. The Morgan fingerprint density at radius 1 is 1.33 bits per heavy atom. The number of nitrogens with one attached hydrogen (secondary N) is 2. The normalized spacial score (nSPS) is 15.2. The van der Waals surface area contributed by atoms with Gasteiger partial charge in [0.1, 0.15) is 0 Å². The fourth-order valence-corrected chi connectivity index (χ4v) is 2.04.